The monoisotopic (exact) mass is 351 g/mol. The van der Waals surface area contributed by atoms with Crippen LogP contribution in [0.3, 0.4) is 0 Å². The Labute approximate surface area is 113 Å². The molecule has 16 heavy (non-hydrogen) atoms. The fourth-order valence-electron chi connectivity index (χ4n) is 1.74. The van der Waals surface area contributed by atoms with Gasteiger partial charge in [-0.2, -0.15) is 0 Å². The second-order valence-electron chi connectivity index (χ2n) is 3.62. The van der Waals surface area contributed by atoms with Gasteiger partial charge in [0.25, 0.3) is 0 Å². The summed E-state index contributed by atoms with van der Waals surface area (Å²) < 4.78 is 6.16. The van der Waals surface area contributed by atoms with Crippen molar-refractivity contribution in [2.75, 3.05) is 18.6 Å². The van der Waals surface area contributed by atoms with E-state index in [9.17, 15) is 4.79 Å². The summed E-state index contributed by atoms with van der Waals surface area (Å²) in [4.78, 5) is 13.4. The van der Waals surface area contributed by atoms with Gasteiger partial charge in [0.1, 0.15) is 5.75 Å². The first kappa shape index (κ1) is 12.0. The molecule has 5 heteroatoms. The number of carbonyl (C=O) groups is 1. The maximum atomic E-state index is 11.7. The van der Waals surface area contributed by atoms with E-state index in [1.807, 2.05) is 18.2 Å². The van der Waals surface area contributed by atoms with Crippen LogP contribution in [0, 0.1) is 3.57 Å². The van der Waals surface area contributed by atoms with Gasteiger partial charge in [-0.25, -0.2) is 0 Å². The van der Waals surface area contributed by atoms with Gasteiger partial charge in [-0.15, -0.1) is 11.6 Å². The summed E-state index contributed by atoms with van der Waals surface area (Å²) in [7, 11) is 1.63. The molecule has 0 N–H and O–H groups in total. The van der Waals surface area contributed by atoms with E-state index in [0.29, 0.717) is 13.0 Å². The first-order valence-corrected chi connectivity index (χ1v) is 6.41. The van der Waals surface area contributed by atoms with Crippen molar-refractivity contribution >= 4 is 45.8 Å². The molecule has 1 aromatic rings. The summed E-state index contributed by atoms with van der Waals surface area (Å²) in [5, 5.41) is -0.0766. The predicted molar refractivity (Wildman–Crippen MR) is 72.3 cm³/mol. The molecule has 1 unspecified atom stereocenters. The Bertz CT molecular complexity index is 424. The Kier molecular flexibility index (Phi) is 3.59. The van der Waals surface area contributed by atoms with Crippen LogP contribution >= 0.6 is 34.2 Å². The number of nitrogens with zero attached hydrogens (tertiary/aromatic N) is 1. The van der Waals surface area contributed by atoms with E-state index in [2.05, 4.69) is 22.6 Å². The van der Waals surface area contributed by atoms with Crippen molar-refractivity contribution in [2.24, 2.45) is 0 Å². The van der Waals surface area contributed by atoms with Crippen LogP contribution in [-0.2, 0) is 4.79 Å². The van der Waals surface area contributed by atoms with Crippen LogP contribution < -0.4 is 9.64 Å². The molecule has 2 rings (SSSR count). The van der Waals surface area contributed by atoms with Crippen molar-refractivity contribution in [2.45, 2.75) is 11.8 Å². The zero-order valence-corrected chi connectivity index (χ0v) is 11.7. The average molecular weight is 352 g/mol. The Balaban J connectivity index is 2.28. The number of rotatable bonds is 2. The zero-order valence-electron chi connectivity index (χ0n) is 8.74. The Morgan fingerprint density at radius 3 is 2.81 bits per heavy atom. The van der Waals surface area contributed by atoms with Gasteiger partial charge in [0.15, 0.2) is 0 Å². The number of amides is 1. The first-order chi connectivity index (χ1) is 7.61. The summed E-state index contributed by atoms with van der Waals surface area (Å²) in [5.41, 5.74) is 0.887. The molecular formula is C11H11ClINO2. The van der Waals surface area contributed by atoms with Crippen molar-refractivity contribution in [3.05, 3.63) is 21.8 Å². The van der Waals surface area contributed by atoms with E-state index in [1.165, 1.54) is 0 Å². The van der Waals surface area contributed by atoms with Crippen LogP contribution in [0.25, 0.3) is 0 Å². The number of hydrogen-bond donors (Lipinski definition) is 0. The number of anilines is 1. The van der Waals surface area contributed by atoms with E-state index in [0.717, 1.165) is 15.0 Å². The molecule has 1 heterocycles. The molecular weight excluding hydrogens is 340 g/mol. The topological polar surface area (TPSA) is 29.5 Å². The zero-order chi connectivity index (χ0) is 11.7. The highest BCUT2D eigenvalue weighted by molar-refractivity contribution is 14.1. The highest BCUT2D eigenvalue weighted by Gasteiger charge is 2.29. The van der Waals surface area contributed by atoms with E-state index >= 15 is 0 Å². The summed E-state index contributed by atoms with van der Waals surface area (Å²) in [6, 6.07) is 5.69. The third kappa shape index (κ3) is 2.27. The Morgan fingerprint density at radius 2 is 2.31 bits per heavy atom. The van der Waals surface area contributed by atoms with E-state index < -0.39 is 0 Å². The minimum absolute atomic E-state index is 0.0766. The van der Waals surface area contributed by atoms with Crippen LogP contribution in [0.2, 0.25) is 0 Å². The van der Waals surface area contributed by atoms with Crippen molar-refractivity contribution in [1.29, 1.82) is 0 Å². The SMILES string of the molecule is COc1ccc(N2CC(Cl)CC2=O)cc1I. The fourth-order valence-corrected chi connectivity index (χ4v) is 2.73. The normalized spacial score (nSPS) is 20.3. The highest BCUT2D eigenvalue weighted by atomic mass is 127. The largest absolute Gasteiger partial charge is 0.496 e. The summed E-state index contributed by atoms with van der Waals surface area (Å²) in [5.74, 6) is 0.902. The molecule has 1 amide bonds. The van der Waals surface area contributed by atoms with Gasteiger partial charge in [0.2, 0.25) is 5.91 Å². The van der Waals surface area contributed by atoms with Crippen molar-refractivity contribution in [1.82, 2.24) is 0 Å². The van der Waals surface area contributed by atoms with Gasteiger partial charge in [-0.1, -0.05) is 0 Å². The Hall–Kier alpha value is -0.490. The molecule has 1 aromatic carbocycles. The molecule has 86 valence electrons. The molecule has 1 aliphatic rings. The number of carbonyl (C=O) groups excluding carboxylic acids is 1. The second kappa shape index (κ2) is 4.79. The lowest BCUT2D eigenvalue weighted by Gasteiger charge is -2.17. The molecule has 0 saturated carbocycles. The standard InChI is InChI=1S/C11H11ClINO2/c1-16-10-3-2-8(5-9(10)13)14-6-7(12)4-11(14)15/h2-3,5,7H,4,6H2,1H3. The number of alkyl halides is 1. The summed E-state index contributed by atoms with van der Waals surface area (Å²) in [6.45, 7) is 0.586. The lowest BCUT2D eigenvalue weighted by atomic mass is 10.3. The molecule has 0 bridgehead atoms. The van der Waals surface area contributed by atoms with Crippen LogP contribution in [0.1, 0.15) is 6.42 Å². The number of benzene rings is 1. The third-order valence-electron chi connectivity index (χ3n) is 2.52. The fraction of sp³-hybridized carbons (Fsp3) is 0.364. The maximum absolute atomic E-state index is 11.7. The molecule has 0 aromatic heterocycles. The maximum Gasteiger partial charge on any atom is 0.228 e. The molecule has 3 nitrogen and oxygen atoms in total. The number of methoxy groups -OCH3 is 1. The lowest BCUT2D eigenvalue weighted by Crippen LogP contribution is -2.24. The van der Waals surface area contributed by atoms with Crippen LogP contribution in [0.4, 0.5) is 5.69 Å². The predicted octanol–water partition coefficient (Wildman–Crippen LogP) is 2.64. The van der Waals surface area contributed by atoms with Crippen LogP contribution in [0.5, 0.6) is 5.75 Å². The van der Waals surface area contributed by atoms with Crippen molar-refractivity contribution in [3.63, 3.8) is 0 Å². The van der Waals surface area contributed by atoms with Gasteiger partial charge in [-0.3, -0.25) is 4.79 Å². The molecule has 1 fully saturated rings. The minimum atomic E-state index is -0.0766. The first-order valence-electron chi connectivity index (χ1n) is 4.90. The van der Waals surface area contributed by atoms with E-state index in [1.54, 1.807) is 12.0 Å². The Morgan fingerprint density at radius 1 is 1.56 bits per heavy atom. The van der Waals surface area contributed by atoms with Crippen molar-refractivity contribution < 1.29 is 9.53 Å². The number of halogens is 2. The average Bonchev–Trinajstić information content (AvgIpc) is 2.58. The molecule has 1 saturated heterocycles. The smallest absolute Gasteiger partial charge is 0.228 e. The number of hydrogen-bond acceptors (Lipinski definition) is 2. The van der Waals surface area contributed by atoms with Gasteiger partial charge < -0.3 is 9.64 Å². The highest BCUT2D eigenvalue weighted by Crippen LogP contribution is 2.29. The van der Waals surface area contributed by atoms with Gasteiger partial charge >= 0.3 is 0 Å². The van der Waals surface area contributed by atoms with Crippen molar-refractivity contribution in [3.8, 4) is 5.75 Å². The molecule has 0 radical (unpaired) electrons. The van der Waals surface area contributed by atoms with Gasteiger partial charge in [-0.05, 0) is 40.8 Å². The number of ether oxygens (including phenoxy) is 1. The van der Waals surface area contributed by atoms with Crippen LogP contribution in [0.15, 0.2) is 18.2 Å². The molecule has 1 atom stereocenters. The molecule has 0 spiro atoms. The lowest BCUT2D eigenvalue weighted by molar-refractivity contribution is -0.117. The quantitative estimate of drug-likeness (QED) is 0.605. The summed E-state index contributed by atoms with van der Waals surface area (Å²) >= 11 is 8.15. The van der Waals surface area contributed by atoms with E-state index in [-0.39, 0.29) is 11.3 Å². The van der Waals surface area contributed by atoms with Gasteiger partial charge in [0, 0.05) is 18.7 Å². The second-order valence-corrected chi connectivity index (χ2v) is 5.40. The minimum Gasteiger partial charge on any atom is -0.496 e. The third-order valence-corrected chi connectivity index (χ3v) is 3.66. The molecule has 0 aliphatic carbocycles. The van der Waals surface area contributed by atoms with Gasteiger partial charge in [0.05, 0.1) is 16.1 Å². The van der Waals surface area contributed by atoms with E-state index in [4.69, 9.17) is 16.3 Å². The van der Waals surface area contributed by atoms with Crippen LogP contribution in [-0.4, -0.2) is 24.9 Å². The summed E-state index contributed by atoms with van der Waals surface area (Å²) in [6.07, 6.45) is 0.421. The molecule has 1 aliphatic heterocycles.